The maximum atomic E-state index is 12.2. The molecule has 2 aromatic carbocycles. The number of rotatable bonds is 3. The van der Waals surface area contributed by atoms with Crippen molar-refractivity contribution in [3.8, 4) is 0 Å². The lowest BCUT2D eigenvalue weighted by Gasteiger charge is -2.03. The van der Waals surface area contributed by atoms with Crippen LogP contribution in [0.5, 0.6) is 0 Å². The van der Waals surface area contributed by atoms with E-state index in [4.69, 9.17) is 0 Å². The van der Waals surface area contributed by atoms with Crippen molar-refractivity contribution in [1.82, 2.24) is 0 Å². The summed E-state index contributed by atoms with van der Waals surface area (Å²) in [6.07, 6.45) is 0. The quantitative estimate of drug-likeness (QED) is 0.785. The van der Waals surface area contributed by atoms with E-state index in [0.717, 1.165) is 15.6 Å². The first-order valence-electron chi connectivity index (χ1n) is 6.03. The highest BCUT2D eigenvalue weighted by atomic mass is 79.9. The second-order valence-electron chi connectivity index (χ2n) is 4.48. The fourth-order valence-corrected chi connectivity index (χ4v) is 3.16. The van der Waals surface area contributed by atoms with Crippen LogP contribution in [0.15, 0.2) is 62.3 Å². The summed E-state index contributed by atoms with van der Waals surface area (Å²) in [5, 5.41) is 0. The highest BCUT2D eigenvalue weighted by Crippen LogP contribution is 2.17. The highest BCUT2D eigenvalue weighted by molar-refractivity contribution is 9.10. The fourth-order valence-electron chi connectivity index (χ4n) is 1.71. The normalized spacial score (nSPS) is 12.4. The Bertz CT molecular complexity index is 750. The van der Waals surface area contributed by atoms with Crippen LogP contribution in [0, 0.1) is 6.92 Å². The summed E-state index contributed by atoms with van der Waals surface area (Å²) in [6.45, 7) is 3.60. The third-order valence-corrected chi connectivity index (χ3v) is 4.69. The monoisotopic (exact) mass is 351 g/mol. The van der Waals surface area contributed by atoms with Gasteiger partial charge < -0.3 is 0 Å². The van der Waals surface area contributed by atoms with Crippen LogP contribution < -0.4 is 0 Å². The van der Waals surface area contributed by atoms with E-state index in [1.165, 1.54) is 0 Å². The van der Waals surface area contributed by atoms with Gasteiger partial charge >= 0.3 is 0 Å². The van der Waals surface area contributed by atoms with Gasteiger partial charge in [-0.1, -0.05) is 45.8 Å². The van der Waals surface area contributed by atoms with Gasteiger partial charge in [-0.25, -0.2) is 0 Å². The van der Waals surface area contributed by atoms with Crippen molar-refractivity contribution in [3.63, 3.8) is 0 Å². The molecule has 0 aromatic heterocycles. The Balaban J connectivity index is 2.40. The van der Waals surface area contributed by atoms with Gasteiger partial charge in [0.15, 0.2) is 0 Å². The fraction of sp³-hybridized carbons (Fsp3) is 0.133. The van der Waals surface area contributed by atoms with Crippen molar-refractivity contribution in [2.45, 2.75) is 18.7 Å². The molecular formula is C15H14BrNO2S. The number of benzene rings is 2. The maximum Gasteiger partial charge on any atom is 0.282 e. The Labute approximate surface area is 127 Å². The number of hydrogen-bond acceptors (Lipinski definition) is 2. The Morgan fingerprint density at radius 2 is 1.75 bits per heavy atom. The van der Waals surface area contributed by atoms with Crippen LogP contribution in [0.1, 0.15) is 18.1 Å². The Morgan fingerprint density at radius 3 is 2.35 bits per heavy atom. The average Bonchev–Trinajstić information content (AvgIpc) is 2.38. The third-order valence-electron chi connectivity index (χ3n) is 2.82. The Kier molecular flexibility index (Phi) is 4.40. The summed E-state index contributed by atoms with van der Waals surface area (Å²) >= 11 is 3.36. The third kappa shape index (κ3) is 3.55. The Hall–Kier alpha value is -1.46. The first-order chi connectivity index (χ1) is 9.38. The van der Waals surface area contributed by atoms with Crippen LogP contribution in [0.3, 0.4) is 0 Å². The zero-order valence-electron chi connectivity index (χ0n) is 11.2. The molecule has 0 bridgehead atoms. The number of hydrogen-bond donors (Lipinski definition) is 0. The molecule has 104 valence electrons. The molecule has 3 nitrogen and oxygen atoms in total. The van der Waals surface area contributed by atoms with Gasteiger partial charge in [0.2, 0.25) is 0 Å². The minimum atomic E-state index is -3.66. The van der Waals surface area contributed by atoms with Crippen molar-refractivity contribution in [3.05, 3.63) is 64.1 Å². The van der Waals surface area contributed by atoms with E-state index >= 15 is 0 Å². The molecule has 5 heteroatoms. The topological polar surface area (TPSA) is 46.5 Å². The van der Waals surface area contributed by atoms with Gasteiger partial charge in [0.05, 0.1) is 10.6 Å². The molecule has 2 aromatic rings. The smallest absolute Gasteiger partial charge is 0.199 e. The van der Waals surface area contributed by atoms with Crippen molar-refractivity contribution < 1.29 is 8.42 Å². The van der Waals surface area contributed by atoms with Gasteiger partial charge in [-0.2, -0.15) is 12.8 Å². The SMILES string of the molecule is CC(=NS(=O)(=O)c1ccc(C)cc1)c1cccc(Br)c1. The molecule has 0 N–H and O–H groups in total. The number of aryl methyl sites for hydroxylation is 1. The van der Waals surface area contributed by atoms with Crippen LogP contribution >= 0.6 is 15.9 Å². The second-order valence-corrected chi connectivity index (χ2v) is 6.99. The zero-order chi connectivity index (χ0) is 14.8. The van der Waals surface area contributed by atoms with E-state index in [0.29, 0.717) is 5.71 Å². The molecule has 2 rings (SSSR count). The summed E-state index contributed by atoms with van der Waals surface area (Å²) in [4.78, 5) is 0.206. The molecule has 0 spiro atoms. The molecule has 0 aliphatic carbocycles. The first kappa shape index (κ1) is 14.9. The van der Waals surface area contributed by atoms with Crippen LogP contribution in [0.4, 0.5) is 0 Å². The van der Waals surface area contributed by atoms with Crippen molar-refractivity contribution in [2.75, 3.05) is 0 Å². The molecular weight excluding hydrogens is 338 g/mol. The molecule has 0 heterocycles. The molecule has 0 saturated carbocycles. The highest BCUT2D eigenvalue weighted by Gasteiger charge is 2.13. The molecule has 20 heavy (non-hydrogen) atoms. The van der Waals surface area contributed by atoms with Crippen LogP contribution in [-0.4, -0.2) is 14.1 Å². The van der Waals surface area contributed by atoms with Crippen LogP contribution in [-0.2, 0) is 10.0 Å². The van der Waals surface area contributed by atoms with Crippen LogP contribution in [0.25, 0.3) is 0 Å². The maximum absolute atomic E-state index is 12.2. The lowest BCUT2D eigenvalue weighted by atomic mass is 10.1. The first-order valence-corrected chi connectivity index (χ1v) is 8.26. The van der Waals surface area contributed by atoms with E-state index in [-0.39, 0.29) is 4.90 Å². The summed E-state index contributed by atoms with van der Waals surface area (Å²) in [5.41, 5.74) is 2.25. The predicted molar refractivity (Wildman–Crippen MR) is 84.7 cm³/mol. The minimum absolute atomic E-state index is 0.206. The molecule has 0 aliphatic heterocycles. The lowest BCUT2D eigenvalue weighted by molar-refractivity contribution is 0.598. The molecule has 0 radical (unpaired) electrons. The van der Waals surface area contributed by atoms with Gasteiger partial charge in [0.25, 0.3) is 10.0 Å². The Morgan fingerprint density at radius 1 is 1.10 bits per heavy atom. The lowest BCUT2D eigenvalue weighted by Crippen LogP contribution is -2.03. The van der Waals surface area contributed by atoms with E-state index in [1.807, 2.05) is 31.2 Å². The largest absolute Gasteiger partial charge is 0.282 e. The van der Waals surface area contributed by atoms with Crippen molar-refractivity contribution in [1.29, 1.82) is 0 Å². The van der Waals surface area contributed by atoms with Gasteiger partial charge in [0, 0.05) is 4.47 Å². The molecule has 0 fully saturated rings. The average molecular weight is 352 g/mol. The van der Waals surface area contributed by atoms with E-state index in [1.54, 1.807) is 31.2 Å². The molecule has 0 atom stereocenters. The summed E-state index contributed by atoms with van der Waals surface area (Å²) in [5.74, 6) is 0. The molecule has 0 amide bonds. The van der Waals surface area contributed by atoms with Crippen molar-refractivity contribution >= 4 is 31.7 Å². The summed E-state index contributed by atoms with van der Waals surface area (Å²) in [7, 11) is -3.66. The molecule has 0 saturated heterocycles. The second kappa shape index (κ2) is 5.89. The van der Waals surface area contributed by atoms with Gasteiger partial charge in [-0.3, -0.25) is 0 Å². The van der Waals surface area contributed by atoms with E-state index in [9.17, 15) is 8.42 Å². The van der Waals surface area contributed by atoms with Gasteiger partial charge in [0.1, 0.15) is 0 Å². The van der Waals surface area contributed by atoms with E-state index in [2.05, 4.69) is 20.3 Å². The van der Waals surface area contributed by atoms with E-state index < -0.39 is 10.0 Å². The minimum Gasteiger partial charge on any atom is -0.199 e. The number of halogens is 1. The van der Waals surface area contributed by atoms with Gasteiger partial charge in [-0.15, -0.1) is 0 Å². The van der Waals surface area contributed by atoms with Crippen LogP contribution in [0.2, 0.25) is 0 Å². The zero-order valence-corrected chi connectivity index (χ0v) is 13.6. The number of sulfonamides is 1. The molecule has 0 unspecified atom stereocenters. The number of nitrogens with zero attached hydrogens (tertiary/aromatic N) is 1. The summed E-state index contributed by atoms with van der Waals surface area (Å²) < 4.78 is 29.2. The summed E-state index contributed by atoms with van der Waals surface area (Å²) in [6, 6.07) is 14.1. The van der Waals surface area contributed by atoms with Crippen molar-refractivity contribution in [2.24, 2.45) is 4.40 Å². The van der Waals surface area contributed by atoms with Gasteiger partial charge in [-0.05, 0) is 43.7 Å². The molecule has 0 aliphatic rings. The predicted octanol–water partition coefficient (Wildman–Crippen LogP) is 3.96. The standard InChI is InChI=1S/C15H14BrNO2S/c1-11-6-8-15(9-7-11)20(18,19)17-12(2)13-4-3-5-14(16)10-13/h3-10H,1-2H3.